The number of anilines is 1. The van der Waals surface area contributed by atoms with E-state index in [1.807, 2.05) is 0 Å². The van der Waals surface area contributed by atoms with E-state index in [4.69, 9.17) is 4.74 Å². The third-order valence-electron chi connectivity index (χ3n) is 1.83. The van der Waals surface area contributed by atoms with Crippen molar-refractivity contribution in [1.82, 2.24) is 0 Å². The van der Waals surface area contributed by atoms with Gasteiger partial charge in [-0.2, -0.15) is 0 Å². The molecular formula is C11H13NO4. The molecule has 0 aliphatic rings. The van der Waals surface area contributed by atoms with Crippen molar-refractivity contribution in [3.8, 4) is 0 Å². The van der Waals surface area contributed by atoms with Crippen LogP contribution < -0.4 is 5.32 Å². The molecule has 0 bridgehead atoms. The number of hydrogen-bond donors (Lipinski definition) is 1. The van der Waals surface area contributed by atoms with E-state index in [-0.39, 0.29) is 12.6 Å². The Morgan fingerprint density at radius 1 is 1.25 bits per heavy atom. The van der Waals surface area contributed by atoms with Gasteiger partial charge in [0.25, 0.3) is 0 Å². The first kappa shape index (κ1) is 12.0. The molecule has 1 aromatic carbocycles. The van der Waals surface area contributed by atoms with Gasteiger partial charge in [-0.3, -0.25) is 10.1 Å². The summed E-state index contributed by atoms with van der Waals surface area (Å²) in [5.74, 6) is -0.322. The average Bonchev–Trinajstić information content (AvgIpc) is 2.28. The molecule has 1 aromatic rings. The molecule has 0 saturated heterocycles. The summed E-state index contributed by atoms with van der Waals surface area (Å²) in [5, 5.41) is 2.51. The minimum absolute atomic E-state index is 0.230. The lowest BCUT2D eigenvalue weighted by atomic mass is 10.2. The molecule has 16 heavy (non-hydrogen) atoms. The van der Waals surface area contributed by atoms with Crippen LogP contribution in [0.4, 0.5) is 10.5 Å². The quantitative estimate of drug-likeness (QED) is 0.795. The van der Waals surface area contributed by atoms with Crippen LogP contribution in [-0.4, -0.2) is 19.2 Å². The maximum atomic E-state index is 10.9. The zero-order chi connectivity index (χ0) is 12.0. The molecule has 1 N–H and O–H groups in total. The van der Waals surface area contributed by atoms with Crippen LogP contribution >= 0.6 is 0 Å². The largest absolute Gasteiger partial charge is 0.461 e. The van der Waals surface area contributed by atoms with Crippen molar-refractivity contribution in [3.05, 3.63) is 29.8 Å². The SMILES string of the molecule is COC(=O)Nc1ccc(COC(C)=O)cc1. The van der Waals surface area contributed by atoms with Crippen molar-refractivity contribution < 1.29 is 19.1 Å². The summed E-state index contributed by atoms with van der Waals surface area (Å²) in [4.78, 5) is 21.5. The summed E-state index contributed by atoms with van der Waals surface area (Å²) in [7, 11) is 1.30. The van der Waals surface area contributed by atoms with Crippen LogP contribution in [0, 0.1) is 0 Å². The second kappa shape index (κ2) is 5.75. The Morgan fingerprint density at radius 3 is 2.38 bits per heavy atom. The molecule has 5 nitrogen and oxygen atoms in total. The highest BCUT2D eigenvalue weighted by atomic mass is 16.5. The number of amides is 1. The summed E-state index contributed by atoms with van der Waals surface area (Å²) in [6.45, 7) is 1.58. The normalized spacial score (nSPS) is 9.38. The third-order valence-corrected chi connectivity index (χ3v) is 1.83. The summed E-state index contributed by atoms with van der Waals surface area (Å²) in [6.07, 6.45) is -0.521. The highest BCUT2D eigenvalue weighted by Crippen LogP contribution is 2.10. The standard InChI is InChI=1S/C11H13NO4/c1-8(13)16-7-9-3-5-10(6-4-9)12-11(14)15-2/h3-6H,7H2,1-2H3,(H,12,14). The molecule has 0 radical (unpaired) electrons. The molecule has 1 amide bonds. The molecule has 0 aromatic heterocycles. The third kappa shape index (κ3) is 4.00. The summed E-state index contributed by atoms with van der Waals surface area (Å²) in [5.41, 5.74) is 1.48. The smallest absolute Gasteiger partial charge is 0.411 e. The van der Waals surface area contributed by atoms with Crippen LogP contribution in [0.2, 0.25) is 0 Å². The number of methoxy groups -OCH3 is 1. The Labute approximate surface area is 93.4 Å². The first-order chi connectivity index (χ1) is 7.61. The lowest BCUT2D eigenvalue weighted by Gasteiger charge is -2.05. The maximum absolute atomic E-state index is 10.9. The van der Waals surface area contributed by atoms with E-state index in [9.17, 15) is 9.59 Å². The predicted octanol–water partition coefficient (Wildman–Crippen LogP) is 1.93. The van der Waals surface area contributed by atoms with E-state index in [1.54, 1.807) is 24.3 Å². The molecular weight excluding hydrogens is 210 g/mol. The fourth-order valence-corrected chi connectivity index (χ4v) is 1.04. The molecule has 0 spiro atoms. The van der Waals surface area contributed by atoms with Gasteiger partial charge in [0.2, 0.25) is 0 Å². The maximum Gasteiger partial charge on any atom is 0.411 e. The number of carbonyl (C=O) groups is 2. The monoisotopic (exact) mass is 223 g/mol. The van der Waals surface area contributed by atoms with E-state index in [1.165, 1.54) is 14.0 Å². The predicted molar refractivity (Wildman–Crippen MR) is 57.9 cm³/mol. The number of rotatable bonds is 3. The Balaban J connectivity index is 2.54. The van der Waals surface area contributed by atoms with Crippen molar-refractivity contribution in [2.45, 2.75) is 13.5 Å². The molecule has 0 atom stereocenters. The van der Waals surface area contributed by atoms with Crippen molar-refractivity contribution in [2.24, 2.45) is 0 Å². The Morgan fingerprint density at radius 2 is 1.88 bits per heavy atom. The molecule has 0 aliphatic heterocycles. The molecule has 0 saturated carbocycles. The van der Waals surface area contributed by atoms with Gasteiger partial charge in [-0.1, -0.05) is 12.1 Å². The number of carbonyl (C=O) groups excluding carboxylic acids is 2. The Hall–Kier alpha value is -2.04. The van der Waals surface area contributed by atoms with Crippen molar-refractivity contribution in [2.75, 3.05) is 12.4 Å². The van der Waals surface area contributed by atoms with Crippen LogP contribution in [0.1, 0.15) is 12.5 Å². The van der Waals surface area contributed by atoms with Crippen molar-refractivity contribution in [3.63, 3.8) is 0 Å². The highest BCUT2D eigenvalue weighted by Gasteiger charge is 2.01. The number of hydrogen-bond acceptors (Lipinski definition) is 4. The summed E-state index contributed by atoms with van der Waals surface area (Å²) >= 11 is 0. The second-order valence-electron chi connectivity index (χ2n) is 3.09. The van der Waals surface area contributed by atoms with Crippen LogP contribution in [0.3, 0.4) is 0 Å². The van der Waals surface area contributed by atoms with Crippen LogP contribution in [-0.2, 0) is 20.9 Å². The molecule has 86 valence electrons. The van der Waals surface area contributed by atoms with Gasteiger partial charge < -0.3 is 9.47 Å². The van der Waals surface area contributed by atoms with Gasteiger partial charge in [0, 0.05) is 12.6 Å². The van der Waals surface area contributed by atoms with Crippen molar-refractivity contribution >= 4 is 17.7 Å². The zero-order valence-electron chi connectivity index (χ0n) is 9.15. The van der Waals surface area contributed by atoms with E-state index in [2.05, 4.69) is 10.1 Å². The van der Waals surface area contributed by atoms with Gasteiger partial charge >= 0.3 is 12.1 Å². The Kier molecular flexibility index (Phi) is 4.32. The molecule has 0 heterocycles. The molecule has 5 heteroatoms. The van der Waals surface area contributed by atoms with Crippen molar-refractivity contribution in [1.29, 1.82) is 0 Å². The highest BCUT2D eigenvalue weighted by molar-refractivity contribution is 5.84. The summed E-state index contributed by atoms with van der Waals surface area (Å²) < 4.78 is 9.26. The topological polar surface area (TPSA) is 64.6 Å². The van der Waals surface area contributed by atoms with Gasteiger partial charge in [0.1, 0.15) is 6.61 Å². The average molecular weight is 223 g/mol. The van der Waals surface area contributed by atoms with Gasteiger partial charge in [0.05, 0.1) is 7.11 Å². The first-order valence-electron chi connectivity index (χ1n) is 4.69. The fourth-order valence-electron chi connectivity index (χ4n) is 1.04. The van der Waals surface area contributed by atoms with Gasteiger partial charge in [-0.15, -0.1) is 0 Å². The molecule has 1 rings (SSSR count). The minimum Gasteiger partial charge on any atom is -0.461 e. The van der Waals surface area contributed by atoms with E-state index in [0.717, 1.165) is 5.56 Å². The summed E-state index contributed by atoms with van der Waals surface area (Å²) in [6, 6.07) is 6.92. The van der Waals surface area contributed by atoms with Gasteiger partial charge in [0.15, 0.2) is 0 Å². The van der Waals surface area contributed by atoms with E-state index < -0.39 is 6.09 Å². The van der Waals surface area contributed by atoms with E-state index in [0.29, 0.717) is 5.69 Å². The molecule has 0 unspecified atom stereocenters. The van der Waals surface area contributed by atoms with Gasteiger partial charge in [-0.25, -0.2) is 4.79 Å². The fraction of sp³-hybridized carbons (Fsp3) is 0.273. The van der Waals surface area contributed by atoms with Crippen LogP contribution in [0.5, 0.6) is 0 Å². The minimum atomic E-state index is -0.521. The Bertz CT molecular complexity index is 372. The lowest BCUT2D eigenvalue weighted by Crippen LogP contribution is -2.10. The number of ether oxygens (including phenoxy) is 2. The van der Waals surface area contributed by atoms with Gasteiger partial charge in [-0.05, 0) is 17.7 Å². The molecule has 0 aliphatic carbocycles. The van der Waals surface area contributed by atoms with Crippen LogP contribution in [0.25, 0.3) is 0 Å². The number of esters is 1. The molecule has 0 fully saturated rings. The number of nitrogens with one attached hydrogen (secondary N) is 1. The first-order valence-corrected chi connectivity index (χ1v) is 4.69. The van der Waals surface area contributed by atoms with E-state index >= 15 is 0 Å². The lowest BCUT2D eigenvalue weighted by molar-refractivity contribution is -0.142. The number of benzene rings is 1. The second-order valence-corrected chi connectivity index (χ2v) is 3.09. The zero-order valence-corrected chi connectivity index (χ0v) is 9.15. The van der Waals surface area contributed by atoms with Crippen LogP contribution in [0.15, 0.2) is 24.3 Å².